The molecule has 1 aliphatic heterocycles. The number of piperidine rings is 1. The molecule has 0 saturated carbocycles. The minimum Gasteiger partial charge on any atom is -0.467 e. The number of furan rings is 1. The maximum absolute atomic E-state index is 13.7. The third-order valence-corrected chi connectivity index (χ3v) is 6.33. The minimum atomic E-state index is -0.442. The standard InChI is InChI=1S/C22H26FN5O2S/c1-16-8-11-27(12-9-16)21-25-26-22(28(21)15-17-5-4-13-30-17)31-14-10-20(29)24-19-7-3-2-6-18(19)23/h2-7,13,16H,8-12,14-15H2,1H3,(H,24,29). The van der Waals surface area contributed by atoms with Crippen molar-refractivity contribution in [3.63, 3.8) is 0 Å². The van der Waals surface area contributed by atoms with Gasteiger partial charge in [-0.15, -0.1) is 10.2 Å². The van der Waals surface area contributed by atoms with Gasteiger partial charge in [0.2, 0.25) is 11.9 Å². The van der Waals surface area contributed by atoms with Gasteiger partial charge in [-0.3, -0.25) is 9.36 Å². The molecule has 1 N–H and O–H groups in total. The van der Waals surface area contributed by atoms with Gasteiger partial charge in [0.15, 0.2) is 5.16 Å². The number of nitrogens with one attached hydrogen (secondary N) is 1. The number of rotatable bonds is 8. The summed E-state index contributed by atoms with van der Waals surface area (Å²) < 4.78 is 21.3. The van der Waals surface area contributed by atoms with Gasteiger partial charge < -0.3 is 14.6 Å². The van der Waals surface area contributed by atoms with Crippen LogP contribution < -0.4 is 10.2 Å². The number of halogens is 1. The molecule has 0 unspecified atom stereocenters. The van der Waals surface area contributed by atoms with Crippen LogP contribution in [0.5, 0.6) is 0 Å². The fourth-order valence-electron chi connectivity index (χ4n) is 3.54. The van der Waals surface area contributed by atoms with Crippen molar-refractivity contribution in [3.05, 3.63) is 54.2 Å². The highest BCUT2D eigenvalue weighted by Crippen LogP contribution is 2.27. The molecular weight excluding hydrogens is 417 g/mol. The average molecular weight is 444 g/mol. The van der Waals surface area contributed by atoms with Gasteiger partial charge in [0.05, 0.1) is 18.5 Å². The van der Waals surface area contributed by atoms with Gasteiger partial charge in [0, 0.05) is 25.3 Å². The van der Waals surface area contributed by atoms with E-state index in [4.69, 9.17) is 4.42 Å². The van der Waals surface area contributed by atoms with Crippen LogP contribution in [0.1, 0.15) is 31.9 Å². The van der Waals surface area contributed by atoms with E-state index in [2.05, 4.69) is 27.3 Å². The van der Waals surface area contributed by atoms with Crippen molar-refractivity contribution in [2.24, 2.45) is 5.92 Å². The number of para-hydroxylation sites is 1. The molecule has 0 spiro atoms. The van der Waals surface area contributed by atoms with Crippen molar-refractivity contribution in [2.45, 2.75) is 37.9 Å². The normalized spacial score (nSPS) is 14.7. The second-order valence-electron chi connectivity index (χ2n) is 7.74. The third-order valence-electron chi connectivity index (χ3n) is 5.37. The van der Waals surface area contributed by atoms with Crippen molar-refractivity contribution >= 4 is 29.3 Å². The van der Waals surface area contributed by atoms with Crippen LogP contribution in [0.15, 0.2) is 52.2 Å². The highest BCUT2D eigenvalue weighted by Gasteiger charge is 2.23. The van der Waals surface area contributed by atoms with Gasteiger partial charge >= 0.3 is 0 Å². The maximum atomic E-state index is 13.7. The molecule has 9 heteroatoms. The predicted octanol–water partition coefficient (Wildman–Crippen LogP) is 4.42. The molecule has 0 aliphatic carbocycles. The molecule has 1 saturated heterocycles. The van der Waals surface area contributed by atoms with Crippen LogP contribution in [0.4, 0.5) is 16.0 Å². The Kier molecular flexibility index (Phi) is 6.91. The maximum Gasteiger partial charge on any atom is 0.228 e. The van der Waals surface area contributed by atoms with E-state index in [0.717, 1.165) is 48.7 Å². The van der Waals surface area contributed by atoms with Crippen LogP contribution in [0.3, 0.4) is 0 Å². The molecule has 4 rings (SSSR count). The average Bonchev–Trinajstić information content (AvgIpc) is 3.41. The lowest BCUT2D eigenvalue weighted by molar-refractivity contribution is -0.115. The predicted molar refractivity (Wildman–Crippen MR) is 119 cm³/mol. The molecule has 1 aromatic carbocycles. The summed E-state index contributed by atoms with van der Waals surface area (Å²) in [5, 5.41) is 12.2. The second-order valence-corrected chi connectivity index (χ2v) is 8.81. The van der Waals surface area contributed by atoms with E-state index in [0.29, 0.717) is 12.3 Å². The number of thioether (sulfide) groups is 1. The Morgan fingerprint density at radius 3 is 2.77 bits per heavy atom. The van der Waals surface area contributed by atoms with Crippen molar-refractivity contribution < 1.29 is 13.6 Å². The lowest BCUT2D eigenvalue weighted by atomic mass is 10.00. The summed E-state index contributed by atoms with van der Waals surface area (Å²) in [7, 11) is 0. The van der Waals surface area contributed by atoms with E-state index in [9.17, 15) is 9.18 Å². The van der Waals surface area contributed by atoms with Crippen LogP contribution in [0, 0.1) is 11.7 Å². The van der Waals surface area contributed by atoms with Crippen molar-refractivity contribution in [1.82, 2.24) is 14.8 Å². The Balaban J connectivity index is 1.41. The molecule has 0 radical (unpaired) electrons. The zero-order valence-electron chi connectivity index (χ0n) is 17.5. The summed E-state index contributed by atoms with van der Waals surface area (Å²) in [4.78, 5) is 14.5. The number of benzene rings is 1. The fourth-order valence-corrected chi connectivity index (χ4v) is 4.41. The van der Waals surface area contributed by atoms with E-state index in [1.54, 1.807) is 24.5 Å². The number of hydrogen-bond donors (Lipinski definition) is 1. The topological polar surface area (TPSA) is 76.2 Å². The molecule has 0 bridgehead atoms. The van der Waals surface area contributed by atoms with E-state index >= 15 is 0 Å². The Bertz CT molecular complexity index is 999. The Labute approximate surface area is 185 Å². The van der Waals surface area contributed by atoms with Gasteiger partial charge in [-0.1, -0.05) is 30.8 Å². The van der Waals surface area contributed by atoms with Crippen LogP contribution in [0.25, 0.3) is 0 Å². The van der Waals surface area contributed by atoms with Gasteiger partial charge in [-0.05, 0) is 43.0 Å². The molecule has 1 fully saturated rings. The molecule has 2 aromatic heterocycles. The summed E-state index contributed by atoms with van der Waals surface area (Å²) in [5.74, 6) is 2.21. The molecule has 3 aromatic rings. The van der Waals surface area contributed by atoms with Crippen molar-refractivity contribution in [2.75, 3.05) is 29.1 Å². The van der Waals surface area contributed by atoms with Crippen molar-refractivity contribution in [3.8, 4) is 0 Å². The third kappa shape index (κ3) is 5.46. The number of anilines is 2. The van der Waals surface area contributed by atoms with Gasteiger partial charge in [-0.2, -0.15) is 0 Å². The summed E-state index contributed by atoms with van der Waals surface area (Å²) in [5.41, 5.74) is 0.195. The smallest absolute Gasteiger partial charge is 0.228 e. The molecule has 1 aliphatic rings. The summed E-state index contributed by atoms with van der Waals surface area (Å²) in [6, 6.07) is 9.94. The molecule has 7 nitrogen and oxygen atoms in total. The van der Waals surface area contributed by atoms with Crippen LogP contribution in [-0.2, 0) is 11.3 Å². The summed E-state index contributed by atoms with van der Waals surface area (Å²) in [6.45, 7) is 4.71. The number of carbonyl (C=O) groups excluding carboxylic acids is 1. The number of carbonyl (C=O) groups is 1. The number of nitrogens with zero attached hydrogens (tertiary/aromatic N) is 4. The first-order valence-electron chi connectivity index (χ1n) is 10.5. The highest BCUT2D eigenvalue weighted by atomic mass is 32.2. The first-order valence-corrected chi connectivity index (χ1v) is 11.5. The molecule has 0 atom stereocenters. The van der Waals surface area contributed by atoms with Crippen LogP contribution in [0.2, 0.25) is 0 Å². The highest BCUT2D eigenvalue weighted by molar-refractivity contribution is 7.99. The van der Waals surface area contributed by atoms with Crippen LogP contribution in [-0.4, -0.2) is 39.5 Å². The van der Waals surface area contributed by atoms with E-state index < -0.39 is 5.82 Å². The summed E-state index contributed by atoms with van der Waals surface area (Å²) >= 11 is 1.46. The van der Waals surface area contributed by atoms with E-state index in [1.807, 2.05) is 16.7 Å². The first-order chi connectivity index (χ1) is 15.1. The molecule has 1 amide bonds. The van der Waals surface area contributed by atoms with Gasteiger partial charge in [0.1, 0.15) is 11.6 Å². The van der Waals surface area contributed by atoms with E-state index in [-0.39, 0.29) is 18.0 Å². The lowest BCUT2D eigenvalue weighted by Gasteiger charge is -2.31. The summed E-state index contributed by atoms with van der Waals surface area (Å²) in [6.07, 6.45) is 4.16. The largest absolute Gasteiger partial charge is 0.467 e. The SMILES string of the molecule is CC1CCN(c2nnc(SCCC(=O)Nc3ccccc3F)n2Cc2ccco2)CC1. The Morgan fingerprint density at radius 2 is 2.03 bits per heavy atom. The van der Waals surface area contributed by atoms with Gasteiger partial charge in [-0.25, -0.2) is 4.39 Å². The number of amides is 1. The quantitative estimate of drug-likeness (QED) is 0.520. The molecule has 164 valence electrons. The lowest BCUT2D eigenvalue weighted by Crippen LogP contribution is -2.35. The molecule has 3 heterocycles. The fraction of sp³-hybridized carbons (Fsp3) is 0.409. The molecular formula is C22H26FN5O2S. The number of aromatic nitrogens is 3. The monoisotopic (exact) mass is 443 g/mol. The zero-order valence-corrected chi connectivity index (χ0v) is 18.3. The van der Waals surface area contributed by atoms with E-state index in [1.165, 1.54) is 17.8 Å². The minimum absolute atomic E-state index is 0.195. The number of hydrogen-bond acceptors (Lipinski definition) is 6. The van der Waals surface area contributed by atoms with Crippen molar-refractivity contribution in [1.29, 1.82) is 0 Å². The molecule has 31 heavy (non-hydrogen) atoms. The zero-order chi connectivity index (χ0) is 21.6. The van der Waals surface area contributed by atoms with Gasteiger partial charge in [0.25, 0.3) is 0 Å². The second kappa shape index (κ2) is 10.00. The Hall–Kier alpha value is -2.81. The first kappa shape index (κ1) is 21.4. The Morgan fingerprint density at radius 1 is 1.23 bits per heavy atom. The van der Waals surface area contributed by atoms with Crippen LogP contribution >= 0.6 is 11.8 Å².